The Balaban J connectivity index is 1.32. The zero-order valence-corrected chi connectivity index (χ0v) is 14.0. The van der Waals surface area contributed by atoms with Crippen LogP contribution >= 0.6 is 0 Å². The lowest BCUT2D eigenvalue weighted by Crippen LogP contribution is -2.15. The summed E-state index contributed by atoms with van der Waals surface area (Å²) in [4.78, 5) is 4.22. The average molecular weight is 339 g/mol. The summed E-state index contributed by atoms with van der Waals surface area (Å²) in [6.45, 7) is 2.53. The quantitative estimate of drug-likeness (QED) is 0.565. The maximum Gasteiger partial charge on any atom is 0.134 e. The van der Waals surface area contributed by atoms with Crippen molar-refractivity contribution in [3.05, 3.63) is 72.4 Å². The van der Waals surface area contributed by atoms with E-state index in [1.165, 1.54) is 12.1 Å². The van der Waals surface area contributed by atoms with Gasteiger partial charge in [0, 0.05) is 18.3 Å². The van der Waals surface area contributed by atoms with Crippen LogP contribution in [0.2, 0.25) is 0 Å². The summed E-state index contributed by atoms with van der Waals surface area (Å²) in [5.74, 6) is 2.32. The van der Waals surface area contributed by atoms with Gasteiger partial charge in [0.1, 0.15) is 23.2 Å². The van der Waals surface area contributed by atoms with Crippen molar-refractivity contribution in [2.24, 2.45) is 0 Å². The standard InChI is InChI=1S/C20H22FN3O/c21-17-8-6-16(7-9-17)19-11-10-18(25-19)15-22-12-3-4-14-24-20-5-1-2-13-23-20/h1-2,5-11,13,22H,3-4,12,14-15H2,(H,23,24). The van der Waals surface area contributed by atoms with Gasteiger partial charge in [-0.15, -0.1) is 0 Å². The highest BCUT2D eigenvalue weighted by Crippen LogP contribution is 2.22. The summed E-state index contributed by atoms with van der Waals surface area (Å²) < 4.78 is 18.7. The molecule has 0 aliphatic heterocycles. The molecular formula is C20H22FN3O. The molecule has 4 nitrogen and oxygen atoms in total. The lowest BCUT2D eigenvalue weighted by molar-refractivity contribution is 0.490. The van der Waals surface area contributed by atoms with Crippen LogP contribution in [-0.2, 0) is 6.54 Å². The molecule has 0 amide bonds. The van der Waals surface area contributed by atoms with Crippen molar-refractivity contribution < 1.29 is 8.81 Å². The minimum atomic E-state index is -0.241. The smallest absolute Gasteiger partial charge is 0.134 e. The molecule has 0 fully saturated rings. The summed E-state index contributed by atoms with van der Waals surface area (Å²) in [6.07, 6.45) is 3.93. The molecule has 1 aromatic carbocycles. The molecule has 5 heteroatoms. The number of anilines is 1. The summed E-state index contributed by atoms with van der Waals surface area (Å²) in [5.41, 5.74) is 0.883. The third-order valence-corrected chi connectivity index (χ3v) is 3.84. The van der Waals surface area contributed by atoms with Gasteiger partial charge in [-0.1, -0.05) is 6.07 Å². The number of hydrogen-bond acceptors (Lipinski definition) is 4. The Kier molecular flexibility index (Phi) is 6.17. The molecule has 3 rings (SSSR count). The third-order valence-electron chi connectivity index (χ3n) is 3.84. The van der Waals surface area contributed by atoms with Crippen LogP contribution in [0.25, 0.3) is 11.3 Å². The maximum atomic E-state index is 12.9. The van der Waals surface area contributed by atoms with E-state index in [9.17, 15) is 4.39 Å². The van der Waals surface area contributed by atoms with Gasteiger partial charge in [-0.25, -0.2) is 9.37 Å². The van der Waals surface area contributed by atoms with E-state index in [4.69, 9.17) is 4.42 Å². The molecule has 0 unspecified atom stereocenters. The number of pyridine rings is 1. The number of halogens is 1. The molecule has 0 aliphatic rings. The molecule has 0 atom stereocenters. The van der Waals surface area contributed by atoms with E-state index in [0.29, 0.717) is 6.54 Å². The second kappa shape index (κ2) is 8.99. The van der Waals surface area contributed by atoms with Gasteiger partial charge in [-0.2, -0.15) is 0 Å². The van der Waals surface area contributed by atoms with Crippen molar-refractivity contribution in [1.29, 1.82) is 0 Å². The lowest BCUT2D eigenvalue weighted by Gasteiger charge is -2.05. The predicted octanol–water partition coefficient (Wildman–Crippen LogP) is 4.46. The van der Waals surface area contributed by atoms with Crippen molar-refractivity contribution in [2.45, 2.75) is 19.4 Å². The van der Waals surface area contributed by atoms with Gasteiger partial charge in [0.05, 0.1) is 6.54 Å². The van der Waals surface area contributed by atoms with E-state index >= 15 is 0 Å². The first-order valence-corrected chi connectivity index (χ1v) is 8.51. The van der Waals surface area contributed by atoms with E-state index in [-0.39, 0.29) is 5.82 Å². The number of furan rings is 1. The molecular weight excluding hydrogens is 317 g/mol. The van der Waals surface area contributed by atoms with E-state index in [1.807, 2.05) is 30.3 Å². The van der Waals surface area contributed by atoms with Crippen LogP contribution in [0.15, 0.2) is 65.2 Å². The fourth-order valence-electron chi connectivity index (χ4n) is 2.51. The number of unbranched alkanes of at least 4 members (excludes halogenated alkanes) is 1. The highest BCUT2D eigenvalue weighted by Gasteiger charge is 2.04. The number of benzene rings is 1. The Bertz CT molecular complexity index is 756. The van der Waals surface area contributed by atoms with E-state index in [1.54, 1.807) is 18.3 Å². The first kappa shape index (κ1) is 17.2. The predicted molar refractivity (Wildman–Crippen MR) is 97.8 cm³/mol. The van der Waals surface area contributed by atoms with Crippen LogP contribution in [0, 0.1) is 5.82 Å². The minimum Gasteiger partial charge on any atom is -0.460 e. The summed E-state index contributed by atoms with van der Waals surface area (Å²) in [7, 11) is 0. The fourth-order valence-corrected chi connectivity index (χ4v) is 2.51. The normalized spacial score (nSPS) is 10.8. The summed E-state index contributed by atoms with van der Waals surface area (Å²) in [6, 6.07) is 16.0. The topological polar surface area (TPSA) is 50.1 Å². The van der Waals surface area contributed by atoms with Crippen LogP contribution in [0.4, 0.5) is 10.2 Å². The van der Waals surface area contributed by atoms with Gasteiger partial charge >= 0.3 is 0 Å². The van der Waals surface area contributed by atoms with E-state index in [2.05, 4.69) is 15.6 Å². The van der Waals surface area contributed by atoms with Crippen LogP contribution in [0.3, 0.4) is 0 Å². The van der Waals surface area contributed by atoms with Gasteiger partial charge in [-0.3, -0.25) is 0 Å². The van der Waals surface area contributed by atoms with Crippen molar-refractivity contribution in [2.75, 3.05) is 18.4 Å². The molecule has 25 heavy (non-hydrogen) atoms. The lowest BCUT2D eigenvalue weighted by atomic mass is 10.2. The molecule has 0 radical (unpaired) electrons. The molecule has 0 spiro atoms. The van der Waals surface area contributed by atoms with Gasteiger partial charge in [0.25, 0.3) is 0 Å². The summed E-state index contributed by atoms with van der Waals surface area (Å²) >= 11 is 0. The van der Waals surface area contributed by atoms with Crippen LogP contribution in [0.1, 0.15) is 18.6 Å². The number of nitrogens with zero attached hydrogens (tertiary/aromatic N) is 1. The molecule has 3 aromatic rings. The molecule has 0 saturated carbocycles. The molecule has 0 aliphatic carbocycles. The Morgan fingerprint density at radius 3 is 2.56 bits per heavy atom. The number of nitrogens with one attached hydrogen (secondary N) is 2. The molecule has 0 bridgehead atoms. The molecule has 2 N–H and O–H groups in total. The Morgan fingerprint density at radius 1 is 0.920 bits per heavy atom. The van der Waals surface area contributed by atoms with Gasteiger partial charge in [0.2, 0.25) is 0 Å². The number of rotatable bonds is 9. The van der Waals surface area contributed by atoms with Gasteiger partial charge in [-0.05, 0) is 67.9 Å². The SMILES string of the molecule is Fc1ccc(-c2ccc(CNCCCCNc3ccccn3)o2)cc1. The van der Waals surface area contributed by atoms with Crippen molar-refractivity contribution in [1.82, 2.24) is 10.3 Å². The number of hydrogen-bond donors (Lipinski definition) is 2. The zero-order valence-electron chi connectivity index (χ0n) is 14.0. The molecule has 0 saturated heterocycles. The highest BCUT2D eigenvalue weighted by atomic mass is 19.1. The molecule has 2 aromatic heterocycles. The Labute approximate surface area is 147 Å². The first-order valence-electron chi connectivity index (χ1n) is 8.51. The second-order valence-electron chi connectivity index (χ2n) is 5.80. The Hall–Kier alpha value is -2.66. The fraction of sp³-hybridized carbons (Fsp3) is 0.250. The van der Waals surface area contributed by atoms with Crippen molar-refractivity contribution in [3.8, 4) is 11.3 Å². The van der Waals surface area contributed by atoms with Crippen LogP contribution in [0.5, 0.6) is 0 Å². The summed E-state index contributed by atoms with van der Waals surface area (Å²) in [5, 5.41) is 6.67. The van der Waals surface area contributed by atoms with E-state index < -0.39 is 0 Å². The van der Waals surface area contributed by atoms with Crippen LogP contribution in [-0.4, -0.2) is 18.1 Å². The second-order valence-corrected chi connectivity index (χ2v) is 5.80. The van der Waals surface area contributed by atoms with Crippen LogP contribution < -0.4 is 10.6 Å². The number of aromatic nitrogens is 1. The highest BCUT2D eigenvalue weighted by molar-refractivity contribution is 5.57. The third kappa shape index (κ3) is 5.43. The minimum absolute atomic E-state index is 0.241. The largest absolute Gasteiger partial charge is 0.460 e. The van der Waals surface area contributed by atoms with Crippen molar-refractivity contribution in [3.63, 3.8) is 0 Å². The maximum absolute atomic E-state index is 12.9. The Morgan fingerprint density at radius 2 is 1.76 bits per heavy atom. The van der Waals surface area contributed by atoms with Gasteiger partial charge < -0.3 is 15.1 Å². The molecule has 2 heterocycles. The monoisotopic (exact) mass is 339 g/mol. The molecule has 130 valence electrons. The van der Waals surface area contributed by atoms with Crippen molar-refractivity contribution >= 4 is 5.82 Å². The van der Waals surface area contributed by atoms with Gasteiger partial charge in [0.15, 0.2) is 0 Å². The zero-order chi connectivity index (χ0) is 17.3. The first-order chi connectivity index (χ1) is 12.3. The van der Waals surface area contributed by atoms with E-state index in [0.717, 1.165) is 48.8 Å². The average Bonchev–Trinajstić information content (AvgIpc) is 3.11.